The molecule has 0 saturated heterocycles. The number of halogens is 1. The maximum absolute atomic E-state index is 10.6. The van der Waals surface area contributed by atoms with Gasteiger partial charge >= 0.3 is 5.97 Å². The molecule has 1 atom stereocenters. The van der Waals surface area contributed by atoms with Gasteiger partial charge in [0.1, 0.15) is 5.15 Å². The number of aromatic nitrogens is 1. The molecule has 0 fully saturated rings. The van der Waals surface area contributed by atoms with Crippen molar-refractivity contribution in [3.05, 3.63) is 41.2 Å². The van der Waals surface area contributed by atoms with Gasteiger partial charge < -0.3 is 10.8 Å². The average molecular weight is 213 g/mol. The van der Waals surface area contributed by atoms with Crippen LogP contribution in [0.3, 0.4) is 0 Å². The monoisotopic (exact) mass is 212 g/mol. The fourth-order valence-electron chi connectivity index (χ4n) is 0.914. The van der Waals surface area contributed by atoms with Crippen molar-refractivity contribution in [3.8, 4) is 0 Å². The second-order valence-corrected chi connectivity index (χ2v) is 3.00. The lowest BCUT2D eigenvalue weighted by atomic mass is 10.2. The van der Waals surface area contributed by atoms with Crippen LogP contribution in [0.25, 0.3) is 0 Å². The van der Waals surface area contributed by atoms with Crippen LogP contribution in [-0.4, -0.2) is 16.1 Å². The van der Waals surface area contributed by atoms with Crippen LogP contribution in [0.1, 0.15) is 22.1 Å². The summed E-state index contributed by atoms with van der Waals surface area (Å²) < 4.78 is 0. The Morgan fingerprint density at radius 3 is 2.79 bits per heavy atom. The summed E-state index contributed by atoms with van der Waals surface area (Å²) in [6, 6.07) is 2.45. The zero-order chi connectivity index (χ0) is 10.7. The molecule has 0 spiro atoms. The van der Waals surface area contributed by atoms with Gasteiger partial charge in [-0.3, -0.25) is 0 Å². The van der Waals surface area contributed by atoms with Crippen molar-refractivity contribution in [3.63, 3.8) is 0 Å². The third-order valence-electron chi connectivity index (χ3n) is 1.70. The molecule has 0 radical (unpaired) electrons. The van der Waals surface area contributed by atoms with Gasteiger partial charge in [0.15, 0.2) is 0 Å². The van der Waals surface area contributed by atoms with E-state index in [1.165, 1.54) is 18.2 Å². The van der Waals surface area contributed by atoms with Crippen molar-refractivity contribution in [1.82, 2.24) is 4.98 Å². The molecule has 5 heteroatoms. The van der Waals surface area contributed by atoms with Crippen LogP contribution in [0.4, 0.5) is 0 Å². The maximum Gasteiger partial charge on any atom is 0.338 e. The Labute approximate surface area is 86.0 Å². The summed E-state index contributed by atoms with van der Waals surface area (Å²) >= 11 is 5.64. The molecule has 1 unspecified atom stereocenters. The average Bonchev–Trinajstić information content (AvgIpc) is 2.15. The van der Waals surface area contributed by atoms with Gasteiger partial charge in [-0.1, -0.05) is 17.7 Å². The fourth-order valence-corrected chi connectivity index (χ4v) is 1.16. The van der Waals surface area contributed by atoms with Crippen LogP contribution in [0, 0.1) is 0 Å². The molecule has 0 aliphatic carbocycles. The number of rotatable bonds is 3. The Morgan fingerprint density at radius 2 is 2.36 bits per heavy atom. The van der Waals surface area contributed by atoms with Crippen molar-refractivity contribution < 1.29 is 9.90 Å². The standard InChI is InChI=1S/C9H9ClN2O2/c1-2-6(11)7-4-3-5(9(13)14)8(10)12-7/h2-4,6H,1,11H2,(H,13,14). The van der Waals surface area contributed by atoms with Gasteiger partial charge in [-0.2, -0.15) is 0 Å². The van der Waals surface area contributed by atoms with E-state index in [0.717, 1.165) is 0 Å². The normalized spacial score (nSPS) is 12.1. The largest absolute Gasteiger partial charge is 0.478 e. The van der Waals surface area contributed by atoms with Crippen LogP contribution in [-0.2, 0) is 0 Å². The summed E-state index contributed by atoms with van der Waals surface area (Å²) in [6.45, 7) is 3.50. The summed E-state index contributed by atoms with van der Waals surface area (Å²) in [7, 11) is 0. The molecule has 3 N–H and O–H groups in total. The fraction of sp³-hybridized carbons (Fsp3) is 0.111. The number of carbonyl (C=O) groups is 1. The topological polar surface area (TPSA) is 76.2 Å². The van der Waals surface area contributed by atoms with E-state index in [1.807, 2.05) is 0 Å². The summed E-state index contributed by atoms with van der Waals surface area (Å²) in [5.41, 5.74) is 6.06. The predicted octanol–water partition coefficient (Wildman–Crippen LogP) is 1.62. The molecule has 1 rings (SSSR count). The highest BCUT2D eigenvalue weighted by Crippen LogP contribution is 2.17. The first kappa shape index (κ1) is 10.7. The predicted molar refractivity (Wildman–Crippen MR) is 53.3 cm³/mol. The molecule has 0 amide bonds. The molecule has 0 aliphatic rings. The number of nitrogens with zero attached hydrogens (tertiary/aromatic N) is 1. The van der Waals surface area contributed by atoms with Crippen molar-refractivity contribution in [1.29, 1.82) is 0 Å². The number of aromatic carboxylic acids is 1. The van der Waals surface area contributed by atoms with Crippen molar-refractivity contribution in [2.45, 2.75) is 6.04 Å². The van der Waals surface area contributed by atoms with Crippen LogP contribution in [0.15, 0.2) is 24.8 Å². The van der Waals surface area contributed by atoms with E-state index in [-0.39, 0.29) is 10.7 Å². The molecule has 74 valence electrons. The smallest absolute Gasteiger partial charge is 0.338 e. The van der Waals surface area contributed by atoms with E-state index in [9.17, 15) is 4.79 Å². The number of pyridine rings is 1. The molecule has 1 aromatic heterocycles. The van der Waals surface area contributed by atoms with Gasteiger partial charge in [-0.05, 0) is 12.1 Å². The van der Waals surface area contributed by atoms with Crippen molar-refractivity contribution in [2.24, 2.45) is 5.73 Å². The third-order valence-corrected chi connectivity index (χ3v) is 1.98. The van der Waals surface area contributed by atoms with Gasteiger partial charge in [0.05, 0.1) is 17.3 Å². The molecule has 4 nitrogen and oxygen atoms in total. The molecule has 0 aromatic carbocycles. The minimum Gasteiger partial charge on any atom is -0.478 e. The minimum atomic E-state index is -1.11. The Balaban J connectivity index is 3.12. The molecular formula is C9H9ClN2O2. The van der Waals surface area contributed by atoms with Gasteiger partial charge in [0.2, 0.25) is 0 Å². The highest BCUT2D eigenvalue weighted by molar-refractivity contribution is 6.32. The Bertz CT molecular complexity index is 379. The van der Waals surface area contributed by atoms with E-state index in [0.29, 0.717) is 5.69 Å². The van der Waals surface area contributed by atoms with Gasteiger partial charge in [-0.15, -0.1) is 6.58 Å². The quantitative estimate of drug-likeness (QED) is 0.590. The SMILES string of the molecule is C=CC(N)c1ccc(C(=O)O)c(Cl)n1. The Kier molecular flexibility index (Phi) is 3.22. The summed E-state index contributed by atoms with van der Waals surface area (Å²) in [6.07, 6.45) is 1.50. The van der Waals surface area contributed by atoms with Gasteiger partial charge in [0, 0.05) is 0 Å². The number of hydrogen-bond acceptors (Lipinski definition) is 3. The molecule has 0 bridgehead atoms. The third kappa shape index (κ3) is 2.10. The molecule has 1 heterocycles. The zero-order valence-electron chi connectivity index (χ0n) is 7.27. The first-order valence-corrected chi connectivity index (χ1v) is 4.22. The lowest BCUT2D eigenvalue weighted by molar-refractivity contribution is 0.0696. The van der Waals surface area contributed by atoms with Crippen LogP contribution >= 0.6 is 11.6 Å². The van der Waals surface area contributed by atoms with Crippen molar-refractivity contribution >= 4 is 17.6 Å². The van der Waals surface area contributed by atoms with E-state index >= 15 is 0 Å². The molecule has 0 saturated carbocycles. The minimum absolute atomic E-state index is 0.0355. The second-order valence-electron chi connectivity index (χ2n) is 2.64. The molecular weight excluding hydrogens is 204 g/mol. The highest BCUT2D eigenvalue weighted by Gasteiger charge is 2.12. The van der Waals surface area contributed by atoms with E-state index in [4.69, 9.17) is 22.4 Å². The van der Waals surface area contributed by atoms with Crippen molar-refractivity contribution in [2.75, 3.05) is 0 Å². The summed E-state index contributed by atoms with van der Waals surface area (Å²) in [4.78, 5) is 14.5. The summed E-state index contributed by atoms with van der Waals surface area (Å²) in [5.74, 6) is -1.11. The number of hydrogen-bond donors (Lipinski definition) is 2. The lowest BCUT2D eigenvalue weighted by Crippen LogP contribution is -2.10. The number of nitrogens with two attached hydrogens (primary N) is 1. The second kappa shape index (κ2) is 4.21. The van der Waals surface area contributed by atoms with Gasteiger partial charge in [0.25, 0.3) is 0 Å². The number of carboxylic acids is 1. The van der Waals surface area contributed by atoms with Gasteiger partial charge in [-0.25, -0.2) is 9.78 Å². The van der Waals surface area contributed by atoms with E-state index in [2.05, 4.69) is 11.6 Å². The Morgan fingerprint density at radius 1 is 1.71 bits per heavy atom. The zero-order valence-corrected chi connectivity index (χ0v) is 8.03. The summed E-state index contributed by atoms with van der Waals surface area (Å²) in [5, 5.41) is 8.61. The van der Waals surface area contributed by atoms with Crippen LogP contribution in [0.2, 0.25) is 5.15 Å². The van der Waals surface area contributed by atoms with Crippen LogP contribution in [0.5, 0.6) is 0 Å². The molecule has 14 heavy (non-hydrogen) atoms. The number of carboxylic acid groups (broad SMARTS) is 1. The lowest BCUT2D eigenvalue weighted by Gasteiger charge is -2.06. The highest BCUT2D eigenvalue weighted by atomic mass is 35.5. The molecule has 1 aromatic rings. The Hall–Kier alpha value is -1.39. The molecule has 0 aliphatic heterocycles. The first-order valence-electron chi connectivity index (χ1n) is 3.84. The van der Waals surface area contributed by atoms with E-state index < -0.39 is 12.0 Å². The van der Waals surface area contributed by atoms with Crippen LogP contribution < -0.4 is 5.73 Å². The maximum atomic E-state index is 10.6. The van der Waals surface area contributed by atoms with E-state index in [1.54, 1.807) is 0 Å². The first-order chi connectivity index (χ1) is 6.56.